The van der Waals surface area contributed by atoms with E-state index in [9.17, 15) is 9.59 Å². The Hall–Kier alpha value is -2.11. The van der Waals surface area contributed by atoms with E-state index in [4.69, 9.17) is 4.74 Å². The summed E-state index contributed by atoms with van der Waals surface area (Å²) < 4.78 is 5.31. The molecular weight excluding hydrogens is 270 g/mol. The Bertz CT molecular complexity index is 511. The molecule has 1 aromatic rings. The third-order valence-corrected chi connectivity index (χ3v) is 3.13. The number of aromatic nitrogens is 1. The molecule has 2 amide bonds. The van der Waals surface area contributed by atoms with Gasteiger partial charge in [0.15, 0.2) is 0 Å². The maximum atomic E-state index is 12.1. The number of nitrogens with one attached hydrogen (secondary N) is 1. The Morgan fingerprint density at radius 1 is 1.38 bits per heavy atom. The van der Waals surface area contributed by atoms with E-state index >= 15 is 0 Å². The minimum absolute atomic E-state index is 0.111. The zero-order chi connectivity index (χ0) is 15.5. The van der Waals surface area contributed by atoms with Crippen molar-refractivity contribution >= 4 is 17.8 Å². The molecule has 6 nitrogen and oxygen atoms in total. The van der Waals surface area contributed by atoms with Crippen LogP contribution in [-0.4, -0.2) is 40.6 Å². The number of ether oxygens (including phenoxy) is 1. The van der Waals surface area contributed by atoms with Crippen LogP contribution in [0.25, 0.3) is 0 Å². The molecule has 0 saturated carbocycles. The Morgan fingerprint density at radius 2 is 2.14 bits per heavy atom. The predicted molar refractivity (Wildman–Crippen MR) is 78.8 cm³/mol. The molecule has 1 aromatic heterocycles. The molecule has 21 heavy (non-hydrogen) atoms. The molecule has 1 saturated heterocycles. The Labute approximate surface area is 124 Å². The Morgan fingerprint density at radius 3 is 2.76 bits per heavy atom. The summed E-state index contributed by atoms with van der Waals surface area (Å²) in [6.07, 6.45) is 1.89. The number of likely N-dealkylation sites (tertiary alicyclic amines) is 1. The van der Waals surface area contributed by atoms with Crippen LogP contribution in [-0.2, 0) is 9.53 Å². The van der Waals surface area contributed by atoms with E-state index in [2.05, 4.69) is 10.3 Å². The summed E-state index contributed by atoms with van der Waals surface area (Å²) in [5.41, 5.74) is -0.522. The Balaban J connectivity index is 1.87. The molecule has 114 valence electrons. The molecule has 1 unspecified atom stereocenters. The van der Waals surface area contributed by atoms with Gasteiger partial charge in [0.2, 0.25) is 5.91 Å². The monoisotopic (exact) mass is 291 g/mol. The van der Waals surface area contributed by atoms with Crippen molar-refractivity contribution in [3.05, 3.63) is 24.4 Å². The van der Waals surface area contributed by atoms with Crippen LogP contribution in [0.5, 0.6) is 0 Å². The van der Waals surface area contributed by atoms with Crippen LogP contribution < -0.4 is 5.32 Å². The first-order valence-corrected chi connectivity index (χ1v) is 7.05. The first kappa shape index (κ1) is 15.3. The van der Waals surface area contributed by atoms with Gasteiger partial charge in [0.05, 0.1) is 5.92 Å². The zero-order valence-corrected chi connectivity index (χ0v) is 12.6. The van der Waals surface area contributed by atoms with Crippen LogP contribution >= 0.6 is 0 Å². The number of nitrogens with zero attached hydrogens (tertiary/aromatic N) is 2. The second kappa shape index (κ2) is 6.11. The first-order chi connectivity index (χ1) is 9.85. The number of rotatable bonds is 2. The summed E-state index contributed by atoms with van der Waals surface area (Å²) in [5, 5.41) is 2.76. The van der Waals surface area contributed by atoms with E-state index in [0.29, 0.717) is 25.3 Å². The van der Waals surface area contributed by atoms with Crippen LogP contribution in [0.1, 0.15) is 27.2 Å². The summed E-state index contributed by atoms with van der Waals surface area (Å²) in [5.74, 6) is 0.192. The highest BCUT2D eigenvalue weighted by Crippen LogP contribution is 2.20. The second-order valence-corrected chi connectivity index (χ2v) is 6.12. The van der Waals surface area contributed by atoms with E-state index in [-0.39, 0.29) is 17.9 Å². The molecular formula is C15H21N3O3. The summed E-state index contributed by atoms with van der Waals surface area (Å²) in [7, 11) is 0. The van der Waals surface area contributed by atoms with Gasteiger partial charge in [-0.25, -0.2) is 9.78 Å². The quantitative estimate of drug-likeness (QED) is 0.907. The molecule has 0 aromatic carbocycles. The molecule has 0 bridgehead atoms. The number of hydrogen-bond acceptors (Lipinski definition) is 4. The van der Waals surface area contributed by atoms with Crippen LogP contribution in [0.15, 0.2) is 24.4 Å². The predicted octanol–water partition coefficient (Wildman–Crippen LogP) is 2.28. The first-order valence-electron chi connectivity index (χ1n) is 7.05. The van der Waals surface area contributed by atoms with Crippen molar-refractivity contribution in [2.45, 2.75) is 32.8 Å². The lowest BCUT2D eigenvalue weighted by Gasteiger charge is -2.24. The van der Waals surface area contributed by atoms with Gasteiger partial charge in [-0.2, -0.15) is 0 Å². The summed E-state index contributed by atoms with van der Waals surface area (Å²) in [6.45, 7) is 6.40. The summed E-state index contributed by atoms with van der Waals surface area (Å²) in [4.78, 5) is 29.7. The zero-order valence-electron chi connectivity index (χ0n) is 12.6. The van der Waals surface area contributed by atoms with Crippen molar-refractivity contribution in [1.29, 1.82) is 0 Å². The van der Waals surface area contributed by atoms with E-state index in [0.717, 1.165) is 0 Å². The molecule has 2 rings (SSSR count). The lowest BCUT2D eigenvalue weighted by Crippen LogP contribution is -2.36. The number of anilines is 1. The minimum Gasteiger partial charge on any atom is -0.444 e. The third-order valence-electron chi connectivity index (χ3n) is 3.13. The average Bonchev–Trinajstić information content (AvgIpc) is 2.87. The molecule has 1 N–H and O–H groups in total. The fraction of sp³-hybridized carbons (Fsp3) is 0.533. The van der Waals surface area contributed by atoms with E-state index < -0.39 is 5.60 Å². The molecule has 0 radical (unpaired) electrons. The second-order valence-electron chi connectivity index (χ2n) is 6.12. The lowest BCUT2D eigenvalue weighted by atomic mass is 10.1. The minimum atomic E-state index is -0.522. The summed E-state index contributed by atoms with van der Waals surface area (Å²) >= 11 is 0. The number of amides is 2. The van der Waals surface area contributed by atoms with Crippen molar-refractivity contribution in [3.8, 4) is 0 Å². The van der Waals surface area contributed by atoms with Crippen molar-refractivity contribution in [3.63, 3.8) is 0 Å². The van der Waals surface area contributed by atoms with Gasteiger partial charge in [-0.3, -0.25) is 4.79 Å². The van der Waals surface area contributed by atoms with Crippen molar-refractivity contribution in [1.82, 2.24) is 9.88 Å². The number of pyridine rings is 1. The highest BCUT2D eigenvalue weighted by molar-refractivity contribution is 5.92. The van der Waals surface area contributed by atoms with Crippen LogP contribution in [0.4, 0.5) is 10.6 Å². The normalized spacial score (nSPS) is 18.4. The largest absolute Gasteiger partial charge is 0.444 e. The lowest BCUT2D eigenvalue weighted by molar-refractivity contribution is -0.119. The highest BCUT2D eigenvalue weighted by atomic mass is 16.6. The fourth-order valence-electron chi connectivity index (χ4n) is 2.13. The van der Waals surface area contributed by atoms with Gasteiger partial charge < -0.3 is 15.0 Å². The van der Waals surface area contributed by atoms with Crippen LogP contribution in [0.2, 0.25) is 0 Å². The number of hydrogen-bond donors (Lipinski definition) is 1. The maximum Gasteiger partial charge on any atom is 0.410 e. The Kier molecular flexibility index (Phi) is 4.45. The SMILES string of the molecule is CC(C)(C)OC(=O)N1CCC(C(=O)Nc2ccccn2)C1. The fourth-order valence-corrected chi connectivity index (χ4v) is 2.13. The molecule has 1 aliphatic heterocycles. The molecule has 6 heteroatoms. The molecule has 1 aliphatic rings. The smallest absolute Gasteiger partial charge is 0.410 e. The molecule has 0 spiro atoms. The maximum absolute atomic E-state index is 12.1. The standard InChI is InChI=1S/C15H21N3O3/c1-15(2,3)21-14(20)18-9-7-11(10-18)13(19)17-12-6-4-5-8-16-12/h4-6,8,11H,7,9-10H2,1-3H3,(H,16,17,19). The van der Waals surface area contributed by atoms with Gasteiger partial charge in [0, 0.05) is 19.3 Å². The average molecular weight is 291 g/mol. The molecule has 0 aliphatic carbocycles. The van der Waals surface area contributed by atoms with Gasteiger partial charge in [0.25, 0.3) is 0 Å². The summed E-state index contributed by atoms with van der Waals surface area (Å²) in [6, 6.07) is 5.33. The molecule has 1 fully saturated rings. The number of carbonyl (C=O) groups excluding carboxylic acids is 2. The van der Waals surface area contributed by atoms with Crippen LogP contribution in [0.3, 0.4) is 0 Å². The van der Waals surface area contributed by atoms with Gasteiger partial charge in [-0.1, -0.05) is 6.07 Å². The van der Waals surface area contributed by atoms with Crippen molar-refractivity contribution in [2.75, 3.05) is 18.4 Å². The van der Waals surface area contributed by atoms with E-state index in [1.165, 1.54) is 0 Å². The van der Waals surface area contributed by atoms with Gasteiger partial charge in [-0.05, 0) is 39.3 Å². The van der Waals surface area contributed by atoms with E-state index in [1.54, 1.807) is 23.2 Å². The highest BCUT2D eigenvalue weighted by Gasteiger charge is 2.33. The van der Waals surface area contributed by atoms with E-state index in [1.807, 2.05) is 26.8 Å². The molecule has 2 heterocycles. The topological polar surface area (TPSA) is 71.5 Å². The van der Waals surface area contributed by atoms with Crippen molar-refractivity contribution in [2.24, 2.45) is 5.92 Å². The molecule has 1 atom stereocenters. The van der Waals surface area contributed by atoms with Crippen molar-refractivity contribution < 1.29 is 14.3 Å². The number of carbonyl (C=O) groups is 2. The third kappa shape index (κ3) is 4.44. The van der Waals surface area contributed by atoms with Gasteiger partial charge in [0.1, 0.15) is 11.4 Å². The van der Waals surface area contributed by atoms with Gasteiger partial charge in [-0.15, -0.1) is 0 Å². The van der Waals surface area contributed by atoms with Gasteiger partial charge >= 0.3 is 6.09 Å². The van der Waals surface area contributed by atoms with Crippen LogP contribution in [0, 0.1) is 5.92 Å².